The number of rotatable bonds is 3. The summed E-state index contributed by atoms with van der Waals surface area (Å²) in [7, 11) is 2.06. The van der Waals surface area contributed by atoms with Gasteiger partial charge >= 0.3 is 0 Å². The molecule has 3 nitrogen and oxygen atoms in total. The quantitative estimate of drug-likeness (QED) is 0.226. The van der Waals surface area contributed by atoms with E-state index in [0.29, 0.717) is 16.9 Å². The number of nitrogens with zero attached hydrogens (tertiary/aromatic N) is 2. The van der Waals surface area contributed by atoms with Gasteiger partial charge in [-0.1, -0.05) is 57.2 Å². The van der Waals surface area contributed by atoms with Gasteiger partial charge in [-0.2, -0.15) is 5.26 Å². The first-order chi connectivity index (χ1) is 18.7. The molecule has 2 heterocycles. The second-order valence-electron chi connectivity index (χ2n) is 12.5. The van der Waals surface area contributed by atoms with Gasteiger partial charge in [-0.15, -0.1) is 0 Å². The predicted octanol–water partition coefficient (Wildman–Crippen LogP) is 9.24. The molecule has 39 heavy (non-hydrogen) atoms. The number of hydrogen-bond acceptors (Lipinski definition) is 2. The standard InChI is InChI=1S/C36H37N2O/c1-23-9-18-29-31-21-24(22-37)20-30(34(31)39-35(29)33(23)32-8-6-7-19-38(32)5)27-12-10-25(11-13-27)26-14-16-28(17-15-26)36(2,3)4/h6-13,18-21,26,28H,14-17H2,1-5H3/q+1. The first kappa shape index (κ1) is 25.4. The van der Waals surface area contributed by atoms with Gasteiger partial charge < -0.3 is 4.42 Å². The number of hydrogen-bond donors (Lipinski definition) is 0. The lowest BCUT2D eigenvalue weighted by molar-refractivity contribution is -0.660. The van der Waals surface area contributed by atoms with E-state index < -0.39 is 0 Å². The summed E-state index contributed by atoms with van der Waals surface area (Å²) >= 11 is 0. The van der Waals surface area contributed by atoms with Crippen LogP contribution in [0.2, 0.25) is 0 Å². The Morgan fingerprint density at radius 2 is 1.62 bits per heavy atom. The van der Waals surface area contributed by atoms with Gasteiger partial charge in [0.05, 0.1) is 17.2 Å². The molecule has 1 saturated carbocycles. The third kappa shape index (κ3) is 4.53. The number of benzene rings is 3. The predicted molar refractivity (Wildman–Crippen MR) is 159 cm³/mol. The van der Waals surface area contributed by atoms with Gasteiger partial charge in [0.25, 0.3) is 0 Å². The van der Waals surface area contributed by atoms with Crippen LogP contribution in [0.15, 0.2) is 77.3 Å². The molecule has 3 heteroatoms. The van der Waals surface area contributed by atoms with Crippen molar-refractivity contribution in [1.29, 1.82) is 5.26 Å². The summed E-state index contributed by atoms with van der Waals surface area (Å²) in [6.45, 7) is 9.27. The number of furan rings is 1. The van der Waals surface area contributed by atoms with Gasteiger partial charge in [-0.3, -0.25) is 0 Å². The summed E-state index contributed by atoms with van der Waals surface area (Å²) < 4.78 is 8.86. The molecular formula is C36H37N2O+. The molecule has 196 valence electrons. The van der Waals surface area contributed by atoms with Crippen molar-refractivity contribution in [2.45, 2.75) is 59.3 Å². The molecule has 0 unspecified atom stereocenters. The maximum Gasteiger partial charge on any atom is 0.216 e. The van der Waals surface area contributed by atoms with Crippen molar-refractivity contribution in [2.24, 2.45) is 18.4 Å². The molecule has 1 aliphatic carbocycles. The summed E-state index contributed by atoms with van der Waals surface area (Å²) in [5, 5.41) is 11.9. The molecule has 1 aliphatic rings. The fourth-order valence-electron chi connectivity index (χ4n) is 6.65. The zero-order valence-corrected chi connectivity index (χ0v) is 23.7. The van der Waals surface area contributed by atoms with Crippen molar-refractivity contribution in [3.05, 3.63) is 89.6 Å². The van der Waals surface area contributed by atoms with E-state index >= 15 is 0 Å². The van der Waals surface area contributed by atoms with E-state index in [1.807, 2.05) is 18.2 Å². The molecule has 0 spiro atoms. The van der Waals surface area contributed by atoms with Crippen LogP contribution in [0, 0.1) is 29.6 Å². The van der Waals surface area contributed by atoms with Crippen molar-refractivity contribution in [3.8, 4) is 28.5 Å². The molecule has 5 aromatic rings. The minimum absolute atomic E-state index is 0.398. The summed E-state index contributed by atoms with van der Waals surface area (Å²) in [5.41, 5.74) is 9.62. The highest BCUT2D eigenvalue weighted by molar-refractivity contribution is 6.13. The number of pyridine rings is 1. The van der Waals surface area contributed by atoms with E-state index in [1.54, 1.807) is 0 Å². The van der Waals surface area contributed by atoms with Crippen LogP contribution >= 0.6 is 0 Å². The minimum atomic E-state index is 0.398. The molecule has 6 rings (SSSR count). The SMILES string of the molecule is Cc1ccc2c(oc3c(-c4ccc(C5CCC(C(C)(C)C)CC5)cc4)cc(C#N)cc32)c1-c1cccc[n+]1C. The Kier molecular flexibility index (Phi) is 6.31. The van der Waals surface area contributed by atoms with Crippen molar-refractivity contribution in [3.63, 3.8) is 0 Å². The van der Waals surface area contributed by atoms with Crippen molar-refractivity contribution < 1.29 is 8.98 Å². The number of nitriles is 1. The lowest BCUT2D eigenvalue weighted by atomic mass is 9.68. The maximum absolute atomic E-state index is 9.90. The second-order valence-corrected chi connectivity index (χ2v) is 12.5. The molecule has 2 aromatic heterocycles. The molecule has 3 aromatic carbocycles. The van der Waals surface area contributed by atoms with E-state index in [1.165, 1.54) is 31.2 Å². The third-order valence-corrected chi connectivity index (χ3v) is 9.03. The Morgan fingerprint density at radius 3 is 2.28 bits per heavy atom. The zero-order chi connectivity index (χ0) is 27.3. The first-order valence-corrected chi connectivity index (χ1v) is 14.2. The molecule has 0 bridgehead atoms. The summed E-state index contributed by atoms with van der Waals surface area (Å²) in [6, 6.07) is 25.9. The maximum atomic E-state index is 9.90. The van der Waals surface area contributed by atoms with Crippen LogP contribution in [0.4, 0.5) is 0 Å². The van der Waals surface area contributed by atoms with Gasteiger partial charge in [0.1, 0.15) is 18.2 Å². The van der Waals surface area contributed by atoms with E-state index in [9.17, 15) is 5.26 Å². The number of aryl methyl sites for hydroxylation is 2. The first-order valence-electron chi connectivity index (χ1n) is 14.2. The van der Waals surface area contributed by atoms with E-state index in [2.05, 4.69) is 100 Å². The van der Waals surface area contributed by atoms with Gasteiger partial charge in [0.15, 0.2) is 6.20 Å². The number of fused-ring (bicyclic) bond motifs is 3. The Bertz CT molecular complexity index is 1720. The van der Waals surface area contributed by atoms with Crippen LogP contribution in [-0.2, 0) is 7.05 Å². The average Bonchev–Trinajstić information content (AvgIpc) is 3.31. The van der Waals surface area contributed by atoms with Crippen molar-refractivity contribution >= 4 is 21.9 Å². The lowest BCUT2D eigenvalue weighted by Gasteiger charge is -2.37. The van der Waals surface area contributed by atoms with Crippen LogP contribution in [-0.4, -0.2) is 0 Å². The van der Waals surface area contributed by atoms with Crippen molar-refractivity contribution in [1.82, 2.24) is 0 Å². The molecule has 0 amide bonds. The van der Waals surface area contributed by atoms with Crippen LogP contribution in [0.3, 0.4) is 0 Å². The highest BCUT2D eigenvalue weighted by Gasteiger charge is 2.30. The van der Waals surface area contributed by atoms with Crippen LogP contribution in [0.25, 0.3) is 44.3 Å². The second kappa shape index (κ2) is 9.69. The minimum Gasteiger partial charge on any atom is -0.454 e. The molecule has 1 fully saturated rings. The monoisotopic (exact) mass is 513 g/mol. The van der Waals surface area contributed by atoms with E-state index in [4.69, 9.17) is 4.42 Å². The highest BCUT2D eigenvalue weighted by Crippen LogP contribution is 2.44. The van der Waals surface area contributed by atoms with Gasteiger partial charge in [-0.25, -0.2) is 4.57 Å². The Hall–Kier alpha value is -3.90. The smallest absolute Gasteiger partial charge is 0.216 e. The van der Waals surface area contributed by atoms with Crippen molar-refractivity contribution in [2.75, 3.05) is 0 Å². The van der Waals surface area contributed by atoms with Gasteiger partial charge in [0, 0.05) is 28.5 Å². The van der Waals surface area contributed by atoms with Crippen LogP contribution in [0.5, 0.6) is 0 Å². The summed E-state index contributed by atoms with van der Waals surface area (Å²) in [6.07, 6.45) is 7.20. The molecule has 0 saturated heterocycles. The average molecular weight is 514 g/mol. The molecule has 0 atom stereocenters. The highest BCUT2D eigenvalue weighted by atomic mass is 16.3. The fraction of sp³-hybridized carbons (Fsp3) is 0.333. The zero-order valence-electron chi connectivity index (χ0n) is 23.7. The Labute approximate surface area is 231 Å². The fourth-order valence-corrected chi connectivity index (χ4v) is 6.65. The van der Waals surface area contributed by atoms with E-state index in [0.717, 1.165) is 55.8 Å². The van der Waals surface area contributed by atoms with Gasteiger partial charge in [0.2, 0.25) is 5.69 Å². The molecule has 0 aliphatic heterocycles. The Morgan fingerprint density at radius 1 is 0.872 bits per heavy atom. The van der Waals surface area contributed by atoms with E-state index in [-0.39, 0.29) is 0 Å². The van der Waals surface area contributed by atoms with Gasteiger partial charge in [-0.05, 0) is 84.7 Å². The van der Waals surface area contributed by atoms with Crippen LogP contribution < -0.4 is 4.57 Å². The lowest BCUT2D eigenvalue weighted by Crippen LogP contribution is -2.30. The number of aromatic nitrogens is 1. The summed E-state index contributed by atoms with van der Waals surface area (Å²) in [5.74, 6) is 1.45. The molecular weight excluding hydrogens is 476 g/mol. The summed E-state index contributed by atoms with van der Waals surface area (Å²) in [4.78, 5) is 0. The topological polar surface area (TPSA) is 40.8 Å². The molecule has 0 N–H and O–H groups in total. The largest absolute Gasteiger partial charge is 0.454 e. The molecule has 0 radical (unpaired) electrons. The Balaban J connectivity index is 1.43. The normalized spacial score (nSPS) is 17.9. The van der Waals surface area contributed by atoms with Crippen LogP contribution in [0.1, 0.15) is 69.1 Å². The third-order valence-electron chi connectivity index (χ3n) is 9.03.